The largest absolute Gasteiger partial charge is 0.484 e. The molecule has 1 aromatic carbocycles. The number of anilines is 1. The minimum Gasteiger partial charge on any atom is -0.484 e. The van der Waals surface area contributed by atoms with Crippen LogP contribution in [0.3, 0.4) is 0 Å². The van der Waals surface area contributed by atoms with Crippen LogP contribution in [0.2, 0.25) is 0 Å². The zero-order valence-corrected chi connectivity index (χ0v) is 15.0. The molecule has 8 heteroatoms. The van der Waals surface area contributed by atoms with Crippen molar-refractivity contribution in [3.8, 4) is 5.75 Å². The van der Waals surface area contributed by atoms with Crippen LogP contribution in [0, 0.1) is 0 Å². The molecule has 2 amide bonds. The van der Waals surface area contributed by atoms with Gasteiger partial charge in [-0.25, -0.2) is 4.79 Å². The second kappa shape index (κ2) is 7.57. The van der Waals surface area contributed by atoms with Crippen LogP contribution in [-0.2, 0) is 22.6 Å². The maximum atomic E-state index is 12.2. The molecular formula is C18H18N2O5S. The highest BCUT2D eigenvalue weighted by Gasteiger charge is 2.29. The molecule has 0 saturated carbocycles. The van der Waals surface area contributed by atoms with Crippen LogP contribution in [-0.4, -0.2) is 40.9 Å². The molecule has 0 bridgehead atoms. The summed E-state index contributed by atoms with van der Waals surface area (Å²) in [5.74, 6) is -1.01. The molecule has 2 N–H and O–H groups in total. The highest BCUT2D eigenvalue weighted by Crippen LogP contribution is 2.37. The smallest absolute Gasteiger partial charge is 0.339 e. The Labute approximate surface area is 154 Å². The first-order chi connectivity index (χ1) is 12.5. The summed E-state index contributed by atoms with van der Waals surface area (Å²) < 4.78 is 5.38. The monoisotopic (exact) mass is 374 g/mol. The first-order valence-electron chi connectivity index (χ1n) is 8.06. The van der Waals surface area contributed by atoms with E-state index in [1.807, 2.05) is 6.07 Å². The normalized spacial score (nSPS) is 13.0. The number of fused-ring (bicyclic) bond motifs is 1. The SMILES string of the molecule is CC(=O)N1CCc2c(sc(NC(=O)COc3ccccc3)c2C(=O)O)C1. The number of nitrogens with one attached hydrogen (secondary N) is 1. The number of hydrogen-bond acceptors (Lipinski definition) is 5. The topological polar surface area (TPSA) is 95.9 Å². The van der Waals surface area contributed by atoms with Gasteiger partial charge in [0.15, 0.2) is 6.61 Å². The lowest BCUT2D eigenvalue weighted by atomic mass is 10.0. The van der Waals surface area contributed by atoms with Crippen LogP contribution in [0.15, 0.2) is 30.3 Å². The van der Waals surface area contributed by atoms with Gasteiger partial charge in [0.25, 0.3) is 5.91 Å². The molecule has 2 aromatic rings. The van der Waals surface area contributed by atoms with Gasteiger partial charge >= 0.3 is 5.97 Å². The van der Waals surface area contributed by atoms with Crippen LogP contribution in [0.4, 0.5) is 5.00 Å². The van der Waals surface area contributed by atoms with Crippen LogP contribution < -0.4 is 10.1 Å². The molecule has 1 aliphatic heterocycles. The Kier molecular flexibility index (Phi) is 5.22. The van der Waals surface area contributed by atoms with E-state index in [1.165, 1.54) is 18.3 Å². The van der Waals surface area contributed by atoms with E-state index in [-0.39, 0.29) is 23.1 Å². The van der Waals surface area contributed by atoms with E-state index in [0.29, 0.717) is 30.8 Å². The van der Waals surface area contributed by atoms with Gasteiger partial charge in [0, 0.05) is 18.3 Å². The van der Waals surface area contributed by atoms with E-state index in [4.69, 9.17) is 4.74 Å². The Morgan fingerprint density at radius 2 is 2.00 bits per heavy atom. The summed E-state index contributed by atoms with van der Waals surface area (Å²) in [5.41, 5.74) is 0.806. The molecule has 7 nitrogen and oxygen atoms in total. The van der Waals surface area contributed by atoms with Crippen LogP contribution in [0.1, 0.15) is 27.7 Å². The number of carbonyl (C=O) groups excluding carboxylic acids is 2. The second-order valence-corrected chi connectivity index (χ2v) is 6.96. The minimum absolute atomic E-state index is 0.0530. The average Bonchev–Trinajstić information content (AvgIpc) is 2.97. The maximum Gasteiger partial charge on any atom is 0.339 e. The van der Waals surface area contributed by atoms with Crippen LogP contribution in [0.5, 0.6) is 5.75 Å². The summed E-state index contributed by atoms with van der Waals surface area (Å²) in [6.45, 7) is 2.11. The van der Waals surface area contributed by atoms with Gasteiger partial charge in [-0.05, 0) is 24.1 Å². The van der Waals surface area contributed by atoms with Crippen molar-refractivity contribution in [2.45, 2.75) is 19.9 Å². The Hall–Kier alpha value is -2.87. The van der Waals surface area contributed by atoms with Gasteiger partial charge < -0.3 is 20.1 Å². The summed E-state index contributed by atoms with van der Waals surface area (Å²) in [6, 6.07) is 8.90. The van der Waals surface area contributed by atoms with Crippen LogP contribution in [0.25, 0.3) is 0 Å². The highest BCUT2D eigenvalue weighted by molar-refractivity contribution is 7.17. The van der Waals surface area contributed by atoms with Gasteiger partial charge in [-0.1, -0.05) is 18.2 Å². The fraction of sp³-hybridized carbons (Fsp3) is 0.278. The van der Waals surface area contributed by atoms with Gasteiger partial charge in [-0.3, -0.25) is 9.59 Å². The molecule has 0 radical (unpaired) electrons. The van der Waals surface area contributed by atoms with Crippen molar-refractivity contribution in [2.24, 2.45) is 0 Å². The number of rotatable bonds is 5. The van der Waals surface area contributed by atoms with Gasteiger partial charge in [0.05, 0.1) is 12.1 Å². The number of ether oxygens (including phenoxy) is 1. The Morgan fingerprint density at radius 1 is 1.27 bits per heavy atom. The third kappa shape index (κ3) is 3.85. The number of thiophene rings is 1. The number of amides is 2. The predicted octanol–water partition coefficient (Wildman–Crippen LogP) is 2.37. The number of para-hydroxylation sites is 1. The zero-order valence-electron chi connectivity index (χ0n) is 14.2. The molecule has 0 spiro atoms. The third-order valence-corrected chi connectivity index (χ3v) is 5.21. The van der Waals surface area contributed by atoms with Crippen molar-refractivity contribution < 1.29 is 24.2 Å². The number of hydrogen-bond donors (Lipinski definition) is 2. The van der Waals surface area contributed by atoms with Gasteiger partial charge in [-0.15, -0.1) is 11.3 Å². The molecule has 0 fully saturated rings. The van der Waals surface area contributed by atoms with Crippen molar-refractivity contribution in [2.75, 3.05) is 18.5 Å². The van der Waals surface area contributed by atoms with Crippen molar-refractivity contribution in [3.63, 3.8) is 0 Å². The second-order valence-electron chi connectivity index (χ2n) is 5.85. The standard InChI is InChI=1S/C18H18N2O5S/c1-11(21)20-8-7-13-14(9-20)26-17(16(13)18(23)24)19-15(22)10-25-12-5-3-2-4-6-12/h2-6H,7-10H2,1H3,(H,19,22)(H,23,24). The number of aromatic carboxylic acids is 1. The van der Waals surface area contributed by atoms with Gasteiger partial charge in [0.2, 0.25) is 5.91 Å². The van der Waals surface area contributed by atoms with E-state index in [2.05, 4.69) is 5.32 Å². The lowest BCUT2D eigenvalue weighted by molar-refractivity contribution is -0.129. The van der Waals surface area contributed by atoms with Crippen molar-refractivity contribution in [1.29, 1.82) is 0 Å². The summed E-state index contributed by atoms with van der Waals surface area (Å²) in [4.78, 5) is 37.8. The van der Waals surface area contributed by atoms with E-state index in [0.717, 1.165) is 4.88 Å². The molecule has 26 heavy (non-hydrogen) atoms. The molecule has 0 saturated heterocycles. The fourth-order valence-corrected chi connectivity index (χ4v) is 4.09. The molecular weight excluding hydrogens is 356 g/mol. The first-order valence-corrected chi connectivity index (χ1v) is 8.88. The molecule has 0 atom stereocenters. The number of nitrogens with zero attached hydrogens (tertiary/aromatic N) is 1. The van der Waals surface area contributed by atoms with E-state index in [1.54, 1.807) is 29.2 Å². The Balaban J connectivity index is 1.74. The Morgan fingerprint density at radius 3 is 2.65 bits per heavy atom. The minimum atomic E-state index is -1.09. The predicted molar refractivity (Wildman–Crippen MR) is 96.6 cm³/mol. The number of carboxylic acid groups (broad SMARTS) is 1. The molecule has 0 aliphatic carbocycles. The summed E-state index contributed by atoms with van der Waals surface area (Å²) in [7, 11) is 0. The molecule has 1 aliphatic rings. The zero-order chi connectivity index (χ0) is 18.7. The number of carboxylic acids is 1. The van der Waals surface area contributed by atoms with Crippen molar-refractivity contribution in [1.82, 2.24) is 4.90 Å². The van der Waals surface area contributed by atoms with Gasteiger partial charge in [0.1, 0.15) is 10.8 Å². The number of carbonyl (C=O) groups is 3. The molecule has 2 heterocycles. The molecule has 0 unspecified atom stereocenters. The Bertz CT molecular complexity index is 847. The van der Waals surface area contributed by atoms with Crippen LogP contribution >= 0.6 is 11.3 Å². The van der Waals surface area contributed by atoms with E-state index in [9.17, 15) is 19.5 Å². The highest BCUT2D eigenvalue weighted by atomic mass is 32.1. The molecule has 3 rings (SSSR count). The van der Waals surface area contributed by atoms with Crippen molar-refractivity contribution in [3.05, 3.63) is 46.3 Å². The van der Waals surface area contributed by atoms with E-state index >= 15 is 0 Å². The fourth-order valence-electron chi connectivity index (χ4n) is 2.81. The summed E-state index contributed by atoms with van der Waals surface area (Å²) >= 11 is 1.20. The number of benzene rings is 1. The summed E-state index contributed by atoms with van der Waals surface area (Å²) in [5, 5.41) is 12.5. The van der Waals surface area contributed by atoms with Gasteiger partial charge in [-0.2, -0.15) is 0 Å². The molecule has 136 valence electrons. The lowest BCUT2D eigenvalue weighted by Crippen LogP contribution is -2.33. The third-order valence-electron chi connectivity index (χ3n) is 4.08. The first kappa shape index (κ1) is 17.9. The van der Waals surface area contributed by atoms with Crippen molar-refractivity contribution >= 4 is 34.1 Å². The van der Waals surface area contributed by atoms with E-state index < -0.39 is 11.9 Å². The maximum absolute atomic E-state index is 12.2. The summed E-state index contributed by atoms with van der Waals surface area (Å²) in [6.07, 6.45) is 0.462. The lowest BCUT2D eigenvalue weighted by Gasteiger charge is -2.25. The average molecular weight is 374 g/mol. The quantitative estimate of drug-likeness (QED) is 0.838. The molecule has 1 aromatic heterocycles.